The van der Waals surface area contributed by atoms with E-state index >= 15 is 0 Å². The fraction of sp³-hybridized carbons (Fsp3) is 0.649. The van der Waals surface area contributed by atoms with Crippen LogP contribution in [-0.2, 0) is 25.7 Å². The summed E-state index contributed by atoms with van der Waals surface area (Å²) in [6.45, 7) is 20.6. The van der Waals surface area contributed by atoms with Gasteiger partial charge in [0.15, 0.2) is 11.5 Å². The zero-order valence-electron chi connectivity index (χ0n) is 29.7. The van der Waals surface area contributed by atoms with E-state index in [2.05, 4.69) is 81.9 Å². The lowest BCUT2D eigenvalue weighted by Gasteiger charge is -2.43. The standard InChI is InChI=1S/C37H52N4O5Si/c1-34(2)14-12-24(13-15-34)28-18-25(26-19-36(5)30-31(37(6,20-26)46-36)45-35(3,4)44-30)10-11-29(28)40-33(42)32-39-27(21-38)22-41(32)23-43-16-17-47(7,8)9/h10-12,18,22,26,30-31H,13-17,19-20,23H2,1-9H3,(H,40,42)/t26?,30-,31+,36?,37?. The number of carbonyl (C=O) groups is 1. The Hall–Kier alpha value is -2.81. The highest BCUT2D eigenvalue weighted by atomic mass is 28.3. The molecule has 254 valence electrons. The summed E-state index contributed by atoms with van der Waals surface area (Å²) >= 11 is 0. The molecule has 1 aliphatic carbocycles. The molecule has 1 amide bonds. The molecule has 47 heavy (non-hydrogen) atoms. The Kier molecular flexibility index (Phi) is 8.66. The lowest BCUT2D eigenvalue weighted by molar-refractivity contribution is -0.242. The number of amides is 1. The highest BCUT2D eigenvalue weighted by Gasteiger charge is 2.68. The normalized spacial score (nSPS) is 30.8. The molecule has 9 nitrogen and oxygen atoms in total. The van der Waals surface area contributed by atoms with Gasteiger partial charge in [0.2, 0.25) is 5.82 Å². The van der Waals surface area contributed by atoms with Crippen molar-refractivity contribution in [2.24, 2.45) is 5.41 Å². The van der Waals surface area contributed by atoms with Crippen molar-refractivity contribution in [3.05, 3.63) is 53.1 Å². The molecule has 10 heteroatoms. The Balaban J connectivity index is 1.28. The molecule has 3 unspecified atom stereocenters. The maximum absolute atomic E-state index is 13.8. The second-order valence-electron chi connectivity index (χ2n) is 17.0. The number of benzene rings is 1. The number of carbonyl (C=O) groups excluding carboxylic acids is 1. The summed E-state index contributed by atoms with van der Waals surface area (Å²) in [4.78, 5) is 18.2. The quantitative estimate of drug-likeness (QED) is 0.216. The van der Waals surface area contributed by atoms with E-state index in [0.29, 0.717) is 6.61 Å². The topological polar surface area (TPSA) is 108 Å². The number of fused-ring (bicyclic) bond motifs is 5. The monoisotopic (exact) mass is 660 g/mol. The lowest BCUT2D eigenvalue weighted by atomic mass is 9.75. The Morgan fingerprint density at radius 1 is 1.11 bits per heavy atom. The second-order valence-corrected chi connectivity index (χ2v) is 22.7. The second kappa shape index (κ2) is 12.0. The van der Waals surface area contributed by atoms with Crippen LogP contribution in [0.3, 0.4) is 0 Å². The van der Waals surface area contributed by atoms with Crippen LogP contribution in [-0.4, -0.2) is 59.3 Å². The van der Waals surface area contributed by atoms with Crippen molar-refractivity contribution in [3.63, 3.8) is 0 Å². The molecule has 6 rings (SSSR count). The fourth-order valence-corrected chi connectivity index (χ4v) is 8.64. The summed E-state index contributed by atoms with van der Waals surface area (Å²) in [5.41, 5.74) is 3.78. The largest absolute Gasteiger partial charge is 0.363 e. The first-order valence-electron chi connectivity index (χ1n) is 17.1. The Labute approximate surface area is 281 Å². The Morgan fingerprint density at radius 3 is 2.38 bits per heavy atom. The third-order valence-corrected chi connectivity index (χ3v) is 12.2. The smallest absolute Gasteiger partial charge is 0.291 e. The van der Waals surface area contributed by atoms with E-state index in [1.807, 2.05) is 19.9 Å². The maximum atomic E-state index is 13.8. The molecule has 2 bridgehead atoms. The molecule has 1 aromatic carbocycles. The average molecular weight is 661 g/mol. The van der Waals surface area contributed by atoms with Gasteiger partial charge in [0.25, 0.3) is 5.91 Å². The number of nitrogens with zero attached hydrogens (tertiary/aromatic N) is 3. The molecule has 0 spiro atoms. The van der Waals surface area contributed by atoms with Gasteiger partial charge in [-0.25, -0.2) is 4.98 Å². The minimum Gasteiger partial charge on any atom is -0.363 e. The van der Waals surface area contributed by atoms with E-state index < -0.39 is 25.1 Å². The summed E-state index contributed by atoms with van der Waals surface area (Å²) < 4.78 is 27.1. The van der Waals surface area contributed by atoms with Gasteiger partial charge in [0.05, 0.1) is 11.2 Å². The van der Waals surface area contributed by atoms with Crippen molar-refractivity contribution < 1.29 is 23.7 Å². The summed E-state index contributed by atoms with van der Waals surface area (Å²) in [5, 5.41) is 12.7. The first-order valence-corrected chi connectivity index (χ1v) is 20.9. The van der Waals surface area contributed by atoms with Gasteiger partial charge in [-0.2, -0.15) is 5.26 Å². The summed E-state index contributed by atoms with van der Waals surface area (Å²) in [7, 11) is -1.26. The van der Waals surface area contributed by atoms with Crippen LogP contribution in [0, 0.1) is 16.7 Å². The predicted molar refractivity (Wildman–Crippen MR) is 185 cm³/mol. The Bertz CT molecular complexity index is 1590. The molecule has 2 aromatic rings. The van der Waals surface area contributed by atoms with E-state index in [9.17, 15) is 10.1 Å². The predicted octanol–water partition coefficient (Wildman–Crippen LogP) is 7.86. The van der Waals surface area contributed by atoms with Crippen molar-refractivity contribution in [1.82, 2.24) is 9.55 Å². The average Bonchev–Trinajstić information content (AvgIpc) is 3.59. The van der Waals surface area contributed by atoms with Gasteiger partial charge < -0.3 is 28.8 Å². The van der Waals surface area contributed by atoms with Crippen molar-refractivity contribution in [2.45, 2.75) is 141 Å². The number of rotatable bonds is 9. The van der Waals surface area contributed by atoms with Crippen LogP contribution < -0.4 is 5.32 Å². The Morgan fingerprint density at radius 2 is 1.79 bits per heavy atom. The van der Waals surface area contributed by atoms with Crippen molar-refractivity contribution in [2.75, 3.05) is 11.9 Å². The van der Waals surface area contributed by atoms with Gasteiger partial charge in [-0.15, -0.1) is 0 Å². The molecule has 3 aliphatic heterocycles. The van der Waals surface area contributed by atoms with Crippen LogP contribution in [0.5, 0.6) is 0 Å². The zero-order chi connectivity index (χ0) is 34.0. The van der Waals surface area contributed by atoms with Crippen LogP contribution in [0.1, 0.15) is 107 Å². The van der Waals surface area contributed by atoms with E-state index in [1.54, 1.807) is 10.8 Å². The minimum atomic E-state index is -1.26. The fourth-order valence-electron chi connectivity index (χ4n) is 7.88. The molecule has 1 aromatic heterocycles. The summed E-state index contributed by atoms with van der Waals surface area (Å²) in [5.74, 6) is -0.570. The molecular formula is C37H52N4O5Si. The molecule has 3 fully saturated rings. The van der Waals surface area contributed by atoms with Gasteiger partial charge in [-0.1, -0.05) is 45.6 Å². The molecule has 5 atom stereocenters. The third-order valence-electron chi connectivity index (χ3n) is 10.5. The molecule has 0 radical (unpaired) electrons. The summed E-state index contributed by atoms with van der Waals surface area (Å²) in [6.07, 6.45) is 8.33. The van der Waals surface area contributed by atoms with Crippen LogP contribution >= 0.6 is 0 Å². The number of imidazole rings is 1. The molecular weight excluding hydrogens is 609 g/mol. The number of aromatic nitrogens is 2. The number of anilines is 1. The van der Waals surface area contributed by atoms with Crippen LogP contribution in [0.4, 0.5) is 5.69 Å². The van der Waals surface area contributed by atoms with E-state index in [0.717, 1.165) is 49.4 Å². The van der Waals surface area contributed by atoms with Crippen molar-refractivity contribution in [1.29, 1.82) is 5.26 Å². The minimum absolute atomic E-state index is 0.115. The number of hydrogen-bond donors (Lipinski definition) is 1. The van der Waals surface area contributed by atoms with Gasteiger partial charge in [-0.3, -0.25) is 4.79 Å². The molecule has 1 N–H and O–H groups in total. The van der Waals surface area contributed by atoms with Crippen LogP contribution in [0.2, 0.25) is 25.7 Å². The first-order chi connectivity index (χ1) is 21.9. The van der Waals surface area contributed by atoms with E-state index in [1.165, 1.54) is 11.1 Å². The number of allylic oxidation sites excluding steroid dienone is 2. The van der Waals surface area contributed by atoms with Gasteiger partial charge in [0.1, 0.15) is 25.0 Å². The molecule has 0 saturated carbocycles. The number of nitrogens with one attached hydrogen (secondary N) is 1. The molecule has 4 aliphatic rings. The molecule has 4 heterocycles. The highest BCUT2D eigenvalue weighted by molar-refractivity contribution is 6.76. The highest BCUT2D eigenvalue weighted by Crippen LogP contribution is 2.58. The lowest BCUT2D eigenvalue weighted by Crippen LogP contribution is -2.46. The first kappa shape index (κ1) is 34.1. The SMILES string of the molecule is CC1(C)CC=C(c2cc(C3CC4(C)OC(C)(C3)[C@H]3OC(C)(C)O[C@H]34)ccc2NC(=O)c2nc(C#N)cn2COCC[Si](C)(C)C)CC1. The van der Waals surface area contributed by atoms with Crippen LogP contribution in [0.25, 0.3) is 5.57 Å². The molecule has 3 saturated heterocycles. The van der Waals surface area contributed by atoms with Gasteiger partial charge in [-0.05, 0) is 100 Å². The van der Waals surface area contributed by atoms with E-state index in [4.69, 9.17) is 18.9 Å². The zero-order valence-corrected chi connectivity index (χ0v) is 30.7. The van der Waals surface area contributed by atoms with Crippen molar-refractivity contribution in [3.8, 4) is 6.07 Å². The van der Waals surface area contributed by atoms with Crippen molar-refractivity contribution >= 4 is 25.2 Å². The van der Waals surface area contributed by atoms with E-state index in [-0.39, 0.29) is 47.7 Å². The van der Waals surface area contributed by atoms with Crippen LogP contribution in [0.15, 0.2) is 30.5 Å². The number of hydrogen-bond acceptors (Lipinski definition) is 7. The summed E-state index contributed by atoms with van der Waals surface area (Å²) in [6, 6.07) is 9.54. The number of nitriles is 1. The maximum Gasteiger partial charge on any atom is 0.291 e. The van der Waals surface area contributed by atoms with Gasteiger partial charge in [0, 0.05) is 32.1 Å². The van der Waals surface area contributed by atoms with Gasteiger partial charge >= 0.3 is 0 Å². The number of ether oxygens (including phenoxy) is 4. The third kappa shape index (κ3) is 7.02.